The number of rotatable bonds is 5. The first-order valence-corrected chi connectivity index (χ1v) is 4.73. The van der Waals surface area contributed by atoms with Crippen LogP contribution in [0.1, 0.15) is 19.3 Å². The summed E-state index contributed by atoms with van der Waals surface area (Å²) in [5.74, 6) is -0.138. The SMILES string of the molecule is C=CCCCCS(=O)(=O)O. The van der Waals surface area contributed by atoms with Crippen molar-refractivity contribution >= 4 is 10.1 Å². The number of allylic oxidation sites excluding steroid dienone is 1. The molecule has 3 nitrogen and oxygen atoms in total. The van der Waals surface area contributed by atoms with Gasteiger partial charge in [-0.2, -0.15) is 8.42 Å². The second kappa shape index (κ2) is 4.46. The second-order valence-corrected chi connectivity index (χ2v) is 3.64. The molecule has 0 amide bonds. The molecular weight excluding hydrogens is 152 g/mol. The minimum absolute atomic E-state index is 0.138. The van der Waals surface area contributed by atoms with Gasteiger partial charge in [0.15, 0.2) is 0 Å². The molecular formula is C6H12O3S. The average molecular weight is 164 g/mol. The van der Waals surface area contributed by atoms with Crippen LogP contribution in [0, 0.1) is 0 Å². The quantitative estimate of drug-likeness (QED) is 0.378. The fourth-order valence-electron chi connectivity index (χ4n) is 0.573. The Hall–Kier alpha value is -0.350. The smallest absolute Gasteiger partial charge is 0.264 e. The van der Waals surface area contributed by atoms with Gasteiger partial charge in [-0.3, -0.25) is 4.55 Å². The molecule has 0 spiro atoms. The third-order valence-corrected chi connectivity index (χ3v) is 1.87. The molecule has 0 heterocycles. The van der Waals surface area contributed by atoms with E-state index < -0.39 is 10.1 Å². The maximum atomic E-state index is 10.1. The van der Waals surface area contributed by atoms with Crippen LogP contribution in [0.15, 0.2) is 12.7 Å². The van der Waals surface area contributed by atoms with Gasteiger partial charge in [0.2, 0.25) is 0 Å². The molecule has 0 saturated heterocycles. The average Bonchev–Trinajstić information content (AvgIpc) is 1.78. The Labute approximate surface area is 61.5 Å². The van der Waals surface area contributed by atoms with E-state index in [2.05, 4.69) is 6.58 Å². The van der Waals surface area contributed by atoms with E-state index in [1.807, 2.05) is 0 Å². The summed E-state index contributed by atoms with van der Waals surface area (Å²) < 4.78 is 28.5. The van der Waals surface area contributed by atoms with Gasteiger partial charge in [0.25, 0.3) is 10.1 Å². The highest BCUT2D eigenvalue weighted by molar-refractivity contribution is 7.85. The van der Waals surface area contributed by atoms with Crippen molar-refractivity contribution in [2.75, 3.05) is 5.75 Å². The van der Waals surface area contributed by atoms with Crippen LogP contribution in [-0.2, 0) is 10.1 Å². The Kier molecular flexibility index (Phi) is 4.31. The van der Waals surface area contributed by atoms with Gasteiger partial charge in [0.1, 0.15) is 0 Å². The zero-order valence-electron chi connectivity index (χ0n) is 5.78. The molecule has 0 radical (unpaired) electrons. The van der Waals surface area contributed by atoms with Crippen LogP contribution < -0.4 is 0 Å². The minimum atomic E-state index is -3.74. The molecule has 0 atom stereocenters. The van der Waals surface area contributed by atoms with Gasteiger partial charge in [-0.1, -0.05) is 6.08 Å². The lowest BCUT2D eigenvalue weighted by atomic mass is 10.2. The van der Waals surface area contributed by atoms with E-state index in [1.54, 1.807) is 6.08 Å². The van der Waals surface area contributed by atoms with Crippen LogP contribution in [0.25, 0.3) is 0 Å². The van der Waals surface area contributed by atoms with E-state index >= 15 is 0 Å². The summed E-state index contributed by atoms with van der Waals surface area (Å²) in [6, 6.07) is 0. The summed E-state index contributed by atoms with van der Waals surface area (Å²) in [5, 5.41) is 0. The summed E-state index contributed by atoms with van der Waals surface area (Å²) in [7, 11) is -3.74. The van der Waals surface area contributed by atoms with Gasteiger partial charge in [-0.05, 0) is 19.3 Å². The van der Waals surface area contributed by atoms with Crippen LogP contribution in [-0.4, -0.2) is 18.7 Å². The lowest BCUT2D eigenvalue weighted by Crippen LogP contribution is -2.02. The predicted molar refractivity (Wildman–Crippen MR) is 40.5 cm³/mol. The van der Waals surface area contributed by atoms with Crippen LogP contribution in [0.3, 0.4) is 0 Å². The monoisotopic (exact) mass is 164 g/mol. The molecule has 0 aromatic heterocycles. The van der Waals surface area contributed by atoms with Crippen molar-refractivity contribution in [1.82, 2.24) is 0 Å². The van der Waals surface area contributed by atoms with E-state index in [9.17, 15) is 8.42 Å². The lowest BCUT2D eigenvalue weighted by Gasteiger charge is -1.93. The van der Waals surface area contributed by atoms with Crippen LogP contribution >= 0.6 is 0 Å². The maximum absolute atomic E-state index is 10.1. The summed E-state index contributed by atoms with van der Waals surface area (Å²) in [6.07, 6.45) is 3.80. The van der Waals surface area contributed by atoms with E-state index in [4.69, 9.17) is 4.55 Å². The van der Waals surface area contributed by atoms with Crippen molar-refractivity contribution in [2.45, 2.75) is 19.3 Å². The molecule has 4 heteroatoms. The van der Waals surface area contributed by atoms with Crippen molar-refractivity contribution in [2.24, 2.45) is 0 Å². The van der Waals surface area contributed by atoms with Crippen molar-refractivity contribution in [1.29, 1.82) is 0 Å². The zero-order chi connectivity index (χ0) is 8.04. The molecule has 0 rings (SSSR count). The summed E-state index contributed by atoms with van der Waals surface area (Å²) in [4.78, 5) is 0. The first-order valence-electron chi connectivity index (χ1n) is 3.12. The molecule has 10 heavy (non-hydrogen) atoms. The molecule has 0 aliphatic heterocycles. The van der Waals surface area contributed by atoms with Crippen LogP contribution in [0.2, 0.25) is 0 Å². The standard InChI is InChI=1S/C6H12O3S/c1-2-3-4-5-6-10(7,8)9/h2H,1,3-6H2,(H,7,8,9). The van der Waals surface area contributed by atoms with Gasteiger partial charge in [-0.15, -0.1) is 6.58 Å². The van der Waals surface area contributed by atoms with Crippen LogP contribution in [0.5, 0.6) is 0 Å². The molecule has 60 valence electrons. The Bertz CT molecular complexity index is 181. The Morgan fingerprint density at radius 2 is 2.00 bits per heavy atom. The fourth-order valence-corrected chi connectivity index (χ4v) is 1.14. The normalized spacial score (nSPS) is 11.3. The predicted octanol–water partition coefficient (Wildman–Crippen LogP) is 1.23. The number of hydrogen-bond acceptors (Lipinski definition) is 2. The second-order valence-electron chi connectivity index (χ2n) is 2.07. The molecule has 0 saturated carbocycles. The summed E-state index contributed by atoms with van der Waals surface area (Å²) in [5.41, 5.74) is 0. The van der Waals surface area contributed by atoms with Gasteiger partial charge >= 0.3 is 0 Å². The largest absolute Gasteiger partial charge is 0.286 e. The molecule has 0 aromatic rings. The molecule has 0 unspecified atom stereocenters. The van der Waals surface area contributed by atoms with Gasteiger partial charge < -0.3 is 0 Å². The topological polar surface area (TPSA) is 54.4 Å². The number of unbranched alkanes of at least 4 members (excludes halogenated alkanes) is 2. The number of hydrogen-bond donors (Lipinski definition) is 1. The van der Waals surface area contributed by atoms with Crippen molar-refractivity contribution < 1.29 is 13.0 Å². The van der Waals surface area contributed by atoms with E-state index in [-0.39, 0.29) is 5.75 Å². The van der Waals surface area contributed by atoms with Gasteiger partial charge in [-0.25, -0.2) is 0 Å². The maximum Gasteiger partial charge on any atom is 0.264 e. The summed E-state index contributed by atoms with van der Waals surface area (Å²) in [6.45, 7) is 3.48. The lowest BCUT2D eigenvalue weighted by molar-refractivity contribution is 0.480. The highest BCUT2D eigenvalue weighted by atomic mass is 32.2. The third-order valence-electron chi connectivity index (χ3n) is 1.06. The minimum Gasteiger partial charge on any atom is -0.286 e. The molecule has 0 bridgehead atoms. The van der Waals surface area contributed by atoms with Gasteiger partial charge in [0, 0.05) is 0 Å². The van der Waals surface area contributed by atoms with Crippen LogP contribution in [0.4, 0.5) is 0 Å². The van der Waals surface area contributed by atoms with Gasteiger partial charge in [0.05, 0.1) is 5.75 Å². The van der Waals surface area contributed by atoms with Crippen molar-refractivity contribution in [3.63, 3.8) is 0 Å². The van der Waals surface area contributed by atoms with E-state index in [0.29, 0.717) is 6.42 Å². The molecule has 0 aliphatic rings. The highest BCUT2D eigenvalue weighted by Gasteiger charge is 2.01. The fraction of sp³-hybridized carbons (Fsp3) is 0.667. The molecule has 1 N–H and O–H groups in total. The zero-order valence-corrected chi connectivity index (χ0v) is 6.60. The van der Waals surface area contributed by atoms with Crippen molar-refractivity contribution in [3.8, 4) is 0 Å². The van der Waals surface area contributed by atoms with E-state index in [1.165, 1.54) is 0 Å². The molecule has 0 fully saturated rings. The molecule has 0 aromatic carbocycles. The Balaban J connectivity index is 3.29. The first kappa shape index (κ1) is 9.65. The Morgan fingerprint density at radius 1 is 1.40 bits per heavy atom. The third kappa shape index (κ3) is 7.65. The van der Waals surface area contributed by atoms with E-state index in [0.717, 1.165) is 12.8 Å². The Morgan fingerprint density at radius 3 is 2.40 bits per heavy atom. The first-order chi connectivity index (χ1) is 4.56. The molecule has 0 aliphatic carbocycles. The highest BCUT2D eigenvalue weighted by Crippen LogP contribution is 1.97. The summed E-state index contributed by atoms with van der Waals surface area (Å²) >= 11 is 0. The van der Waals surface area contributed by atoms with Crippen molar-refractivity contribution in [3.05, 3.63) is 12.7 Å².